The topological polar surface area (TPSA) is 66.7 Å². The average Bonchev–Trinajstić information content (AvgIpc) is 3.26. The van der Waals surface area contributed by atoms with Crippen molar-refractivity contribution >= 4 is 46.9 Å². The van der Waals surface area contributed by atoms with E-state index in [0.717, 1.165) is 55.1 Å². The van der Waals surface area contributed by atoms with Gasteiger partial charge in [-0.05, 0) is 68.0 Å². The highest BCUT2D eigenvalue weighted by atomic mass is 35.5. The molecule has 170 valence electrons. The maximum Gasteiger partial charge on any atom is 0.258 e. The fraction of sp³-hybridized carbons (Fsp3) is 0.320. The van der Waals surface area contributed by atoms with Crippen molar-refractivity contribution in [2.75, 3.05) is 19.6 Å². The first-order valence-electron chi connectivity index (χ1n) is 11.3. The molecule has 8 heteroatoms. The molecule has 0 bridgehead atoms. The van der Waals surface area contributed by atoms with Crippen LogP contribution in [0.4, 0.5) is 0 Å². The third kappa shape index (κ3) is 4.80. The van der Waals surface area contributed by atoms with Gasteiger partial charge in [0.1, 0.15) is 5.65 Å². The SMILES string of the molecule is O=C(NCCCC1CCN(C(=O)c2cccc(Cl)c2)CC1)C1=Cc2cnc3cccc(n23)S1. The zero-order valence-electron chi connectivity index (χ0n) is 18.2. The van der Waals surface area contributed by atoms with Crippen LogP contribution in [0.2, 0.25) is 5.02 Å². The second-order valence-electron chi connectivity index (χ2n) is 8.50. The zero-order chi connectivity index (χ0) is 22.8. The lowest BCUT2D eigenvalue weighted by molar-refractivity contribution is -0.116. The highest BCUT2D eigenvalue weighted by molar-refractivity contribution is 8.04. The summed E-state index contributed by atoms with van der Waals surface area (Å²) in [6, 6.07) is 13.1. The third-order valence-corrected chi connectivity index (χ3v) is 7.57. The minimum atomic E-state index is -0.0357. The van der Waals surface area contributed by atoms with Gasteiger partial charge in [-0.3, -0.25) is 14.0 Å². The van der Waals surface area contributed by atoms with E-state index in [1.54, 1.807) is 18.3 Å². The first kappa shape index (κ1) is 22.0. The van der Waals surface area contributed by atoms with Crippen LogP contribution in [0, 0.1) is 5.92 Å². The fourth-order valence-electron chi connectivity index (χ4n) is 4.51. The smallest absolute Gasteiger partial charge is 0.258 e. The van der Waals surface area contributed by atoms with Crippen LogP contribution in [0.1, 0.15) is 41.7 Å². The van der Waals surface area contributed by atoms with Gasteiger partial charge in [-0.25, -0.2) is 4.98 Å². The van der Waals surface area contributed by atoms with Crippen molar-refractivity contribution in [2.45, 2.75) is 30.7 Å². The predicted octanol–water partition coefficient (Wildman–Crippen LogP) is 4.88. The number of rotatable bonds is 6. The normalized spacial score (nSPS) is 16.0. The second-order valence-corrected chi connectivity index (χ2v) is 9.99. The number of nitrogens with zero attached hydrogens (tertiary/aromatic N) is 3. The molecule has 2 aliphatic heterocycles. The summed E-state index contributed by atoms with van der Waals surface area (Å²) in [5.74, 6) is 0.602. The van der Waals surface area contributed by atoms with E-state index in [4.69, 9.17) is 11.6 Å². The molecule has 1 aromatic carbocycles. The molecule has 0 aliphatic carbocycles. The Hall–Kier alpha value is -2.77. The minimum absolute atomic E-state index is 0.0357. The molecule has 4 heterocycles. The van der Waals surface area contributed by atoms with Gasteiger partial charge in [0.05, 0.1) is 21.8 Å². The largest absolute Gasteiger partial charge is 0.352 e. The Labute approximate surface area is 202 Å². The van der Waals surface area contributed by atoms with E-state index in [1.807, 2.05) is 41.3 Å². The van der Waals surface area contributed by atoms with Crippen LogP contribution in [0.15, 0.2) is 58.6 Å². The molecule has 2 amide bonds. The molecule has 1 N–H and O–H groups in total. The third-order valence-electron chi connectivity index (χ3n) is 6.29. The molecule has 1 fully saturated rings. The molecule has 0 atom stereocenters. The lowest BCUT2D eigenvalue weighted by Gasteiger charge is -2.32. The molecular weight excluding hydrogens is 456 g/mol. The van der Waals surface area contributed by atoms with Crippen molar-refractivity contribution in [3.05, 3.63) is 69.8 Å². The Morgan fingerprint density at radius 1 is 1.15 bits per heavy atom. The monoisotopic (exact) mass is 480 g/mol. The summed E-state index contributed by atoms with van der Waals surface area (Å²) in [7, 11) is 0. The van der Waals surface area contributed by atoms with E-state index in [1.165, 1.54) is 11.8 Å². The highest BCUT2D eigenvalue weighted by Gasteiger charge is 2.24. The van der Waals surface area contributed by atoms with Crippen LogP contribution in [-0.4, -0.2) is 45.7 Å². The first-order valence-corrected chi connectivity index (χ1v) is 12.5. The Bertz CT molecular complexity index is 1230. The molecule has 0 radical (unpaired) electrons. The number of carbonyl (C=O) groups is 2. The molecule has 5 rings (SSSR count). The van der Waals surface area contributed by atoms with Crippen molar-refractivity contribution in [2.24, 2.45) is 5.92 Å². The minimum Gasteiger partial charge on any atom is -0.352 e. The number of carbonyl (C=O) groups excluding carboxylic acids is 2. The molecule has 33 heavy (non-hydrogen) atoms. The van der Waals surface area contributed by atoms with Crippen molar-refractivity contribution in [1.82, 2.24) is 19.6 Å². The van der Waals surface area contributed by atoms with Crippen molar-refractivity contribution < 1.29 is 9.59 Å². The van der Waals surface area contributed by atoms with Crippen molar-refractivity contribution in [3.63, 3.8) is 0 Å². The number of benzene rings is 1. The molecule has 0 saturated carbocycles. The molecule has 3 aromatic rings. The van der Waals surface area contributed by atoms with E-state index >= 15 is 0 Å². The first-order chi connectivity index (χ1) is 16.1. The molecule has 2 aromatic heterocycles. The Balaban J connectivity index is 1.06. The maximum atomic E-state index is 12.7. The summed E-state index contributed by atoms with van der Waals surface area (Å²) in [5, 5.41) is 4.66. The average molecular weight is 481 g/mol. The van der Waals surface area contributed by atoms with E-state index < -0.39 is 0 Å². The number of hydrogen-bond acceptors (Lipinski definition) is 4. The van der Waals surface area contributed by atoms with Crippen LogP contribution in [0.25, 0.3) is 11.7 Å². The molecule has 2 aliphatic rings. The number of amides is 2. The van der Waals surface area contributed by atoms with Gasteiger partial charge >= 0.3 is 0 Å². The lowest BCUT2D eigenvalue weighted by atomic mass is 9.92. The summed E-state index contributed by atoms with van der Waals surface area (Å²) in [4.78, 5) is 32.4. The molecule has 0 unspecified atom stereocenters. The number of thioether (sulfide) groups is 1. The number of halogens is 1. The summed E-state index contributed by atoms with van der Waals surface area (Å²) < 4.78 is 2.06. The van der Waals surface area contributed by atoms with Gasteiger partial charge in [-0.2, -0.15) is 0 Å². The number of likely N-dealkylation sites (tertiary alicyclic amines) is 1. The van der Waals surface area contributed by atoms with Gasteiger partial charge in [0.15, 0.2) is 0 Å². The van der Waals surface area contributed by atoms with Gasteiger partial charge in [0, 0.05) is 30.2 Å². The van der Waals surface area contributed by atoms with Gasteiger partial charge in [-0.1, -0.05) is 35.5 Å². The quantitative estimate of drug-likeness (QED) is 0.510. The van der Waals surface area contributed by atoms with Crippen LogP contribution in [0.3, 0.4) is 0 Å². The predicted molar refractivity (Wildman–Crippen MR) is 131 cm³/mol. The van der Waals surface area contributed by atoms with Gasteiger partial charge in [-0.15, -0.1) is 0 Å². The van der Waals surface area contributed by atoms with E-state index in [2.05, 4.69) is 14.7 Å². The van der Waals surface area contributed by atoms with Crippen LogP contribution >= 0.6 is 23.4 Å². The second kappa shape index (κ2) is 9.61. The van der Waals surface area contributed by atoms with E-state index in [-0.39, 0.29) is 11.8 Å². The highest BCUT2D eigenvalue weighted by Crippen LogP contribution is 2.34. The van der Waals surface area contributed by atoms with Crippen molar-refractivity contribution in [1.29, 1.82) is 0 Å². The maximum absolute atomic E-state index is 12.7. The summed E-state index contributed by atoms with van der Waals surface area (Å²) in [6.07, 6.45) is 7.68. The zero-order valence-corrected chi connectivity index (χ0v) is 19.7. The fourth-order valence-corrected chi connectivity index (χ4v) is 5.70. The van der Waals surface area contributed by atoms with Gasteiger partial charge in [0.2, 0.25) is 0 Å². The number of piperidine rings is 1. The van der Waals surface area contributed by atoms with E-state index in [9.17, 15) is 9.59 Å². The van der Waals surface area contributed by atoms with E-state index in [0.29, 0.717) is 28.0 Å². The Morgan fingerprint density at radius 2 is 1.97 bits per heavy atom. The Morgan fingerprint density at radius 3 is 2.79 bits per heavy atom. The lowest BCUT2D eigenvalue weighted by Crippen LogP contribution is -2.38. The molecule has 1 saturated heterocycles. The van der Waals surface area contributed by atoms with Crippen LogP contribution in [-0.2, 0) is 4.79 Å². The Kier molecular flexibility index (Phi) is 6.42. The van der Waals surface area contributed by atoms with Crippen LogP contribution < -0.4 is 5.32 Å². The molecule has 6 nitrogen and oxygen atoms in total. The number of hydrogen-bond donors (Lipinski definition) is 1. The van der Waals surface area contributed by atoms with Crippen LogP contribution in [0.5, 0.6) is 0 Å². The van der Waals surface area contributed by atoms with Gasteiger partial charge in [0.25, 0.3) is 11.8 Å². The summed E-state index contributed by atoms with van der Waals surface area (Å²) in [5.41, 5.74) is 2.48. The summed E-state index contributed by atoms with van der Waals surface area (Å²) in [6.45, 7) is 2.19. The number of imidazole rings is 1. The number of pyridine rings is 1. The number of nitrogens with one attached hydrogen (secondary N) is 1. The van der Waals surface area contributed by atoms with Crippen molar-refractivity contribution in [3.8, 4) is 0 Å². The molecule has 0 spiro atoms. The molecular formula is C25H25ClN4O2S. The number of aromatic nitrogens is 2. The van der Waals surface area contributed by atoms with Gasteiger partial charge < -0.3 is 10.2 Å². The standard InChI is InChI=1S/C25H25ClN4O2S/c26-19-6-1-5-18(14-19)25(32)29-12-9-17(10-13-29)4-3-11-27-24(31)21-15-20-16-28-22-7-2-8-23(33-21)30(20)22/h1-2,5-8,14-17H,3-4,9-13H2,(H,27,31). The summed E-state index contributed by atoms with van der Waals surface area (Å²) >= 11 is 7.50.